The Morgan fingerprint density at radius 1 is 1.28 bits per heavy atom. The van der Waals surface area contributed by atoms with Gasteiger partial charge in [0.1, 0.15) is 5.82 Å². The van der Waals surface area contributed by atoms with Gasteiger partial charge in [0.15, 0.2) is 0 Å². The largest absolute Gasteiger partial charge is 0.306 e. The third-order valence-corrected chi connectivity index (χ3v) is 4.25. The van der Waals surface area contributed by atoms with Crippen molar-refractivity contribution in [3.63, 3.8) is 0 Å². The van der Waals surface area contributed by atoms with Crippen LogP contribution in [0.1, 0.15) is 30.5 Å². The van der Waals surface area contributed by atoms with Crippen LogP contribution in [0, 0.1) is 5.82 Å². The van der Waals surface area contributed by atoms with E-state index in [1.54, 1.807) is 11.3 Å². The van der Waals surface area contributed by atoms with E-state index in [9.17, 15) is 4.39 Å². The Morgan fingerprint density at radius 2 is 2.00 bits per heavy atom. The van der Waals surface area contributed by atoms with Crippen molar-refractivity contribution in [2.24, 2.45) is 0 Å². The second-order valence-electron chi connectivity index (χ2n) is 4.12. The Kier molecular flexibility index (Phi) is 4.92. The van der Waals surface area contributed by atoms with E-state index in [0.717, 1.165) is 22.3 Å². The molecule has 0 spiro atoms. The molecule has 96 valence electrons. The Labute approximate surface area is 119 Å². The Bertz CT molecular complexity index is 495. The summed E-state index contributed by atoms with van der Waals surface area (Å²) in [5.74, 6) is -0.195. The molecule has 1 aromatic carbocycles. The second kappa shape index (κ2) is 6.45. The third kappa shape index (κ3) is 3.40. The summed E-state index contributed by atoms with van der Waals surface area (Å²) < 4.78 is 14.1. The monoisotopic (exact) mass is 327 g/mol. The van der Waals surface area contributed by atoms with E-state index in [2.05, 4.69) is 39.6 Å². The molecule has 0 aliphatic carbocycles. The molecule has 1 unspecified atom stereocenters. The Balaban J connectivity index is 2.27. The third-order valence-electron chi connectivity index (χ3n) is 2.72. The molecule has 1 nitrogen and oxygen atoms in total. The number of nitrogens with one attached hydrogen (secondary N) is 1. The first-order valence-corrected chi connectivity index (χ1v) is 7.60. The smallest absolute Gasteiger partial charge is 0.123 e. The standard InChI is InChI=1S/C14H15BrFNS/c1-2-7-17-14(11-8-13(15)18-9-11)10-3-5-12(16)6-4-10/h3-6,8-9,14,17H,2,7H2,1H3. The molecule has 0 aliphatic heterocycles. The molecule has 0 saturated carbocycles. The van der Waals surface area contributed by atoms with Gasteiger partial charge >= 0.3 is 0 Å². The number of thiophene rings is 1. The molecule has 0 bridgehead atoms. The average Bonchev–Trinajstić information content (AvgIpc) is 2.78. The van der Waals surface area contributed by atoms with Gasteiger partial charge in [0.05, 0.1) is 9.83 Å². The molecule has 2 aromatic rings. The summed E-state index contributed by atoms with van der Waals surface area (Å²) in [6.45, 7) is 3.08. The van der Waals surface area contributed by atoms with Crippen molar-refractivity contribution in [1.29, 1.82) is 0 Å². The topological polar surface area (TPSA) is 12.0 Å². The summed E-state index contributed by atoms with van der Waals surface area (Å²) in [4.78, 5) is 0. The van der Waals surface area contributed by atoms with E-state index in [1.807, 2.05) is 12.1 Å². The van der Waals surface area contributed by atoms with Gasteiger partial charge in [-0.3, -0.25) is 0 Å². The van der Waals surface area contributed by atoms with Crippen molar-refractivity contribution in [2.75, 3.05) is 6.54 Å². The minimum absolute atomic E-state index is 0.132. The zero-order valence-electron chi connectivity index (χ0n) is 10.1. The number of rotatable bonds is 5. The lowest BCUT2D eigenvalue weighted by molar-refractivity contribution is 0.594. The maximum absolute atomic E-state index is 13.0. The molecule has 2 rings (SSSR count). The molecule has 1 N–H and O–H groups in total. The molecule has 0 amide bonds. The van der Waals surface area contributed by atoms with E-state index < -0.39 is 0 Å². The van der Waals surface area contributed by atoms with Crippen molar-refractivity contribution in [1.82, 2.24) is 5.32 Å². The Morgan fingerprint density at radius 3 is 2.56 bits per heavy atom. The van der Waals surface area contributed by atoms with Gasteiger partial charge in [0.25, 0.3) is 0 Å². The van der Waals surface area contributed by atoms with Crippen LogP contribution in [0.5, 0.6) is 0 Å². The van der Waals surface area contributed by atoms with Crippen LogP contribution < -0.4 is 5.32 Å². The minimum Gasteiger partial charge on any atom is -0.306 e. The molecule has 0 saturated heterocycles. The van der Waals surface area contributed by atoms with Gasteiger partial charge in [-0.2, -0.15) is 0 Å². The predicted molar refractivity (Wildman–Crippen MR) is 78.6 cm³/mol. The molecule has 1 atom stereocenters. The lowest BCUT2D eigenvalue weighted by atomic mass is 10.0. The molecule has 0 fully saturated rings. The summed E-state index contributed by atoms with van der Waals surface area (Å²) >= 11 is 5.15. The highest BCUT2D eigenvalue weighted by atomic mass is 79.9. The Hall–Kier alpha value is -0.710. The van der Waals surface area contributed by atoms with Crippen LogP contribution in [0.3, 0.4) is 0 Å². The lowest BCUT2D eigenvalue weighted by Crippen LogP contribution is -2.22. The predicted octanol–water partition coefficient (Wildman–Crippen LogP) is 4.74. The summed E-state index contributed by atoms with van der Waals surface area (Å²) in [7, 11) is 0. The normalized spacial score (nSPS) is 12.6. The van der Waals surface area contributed by atoms with Crippen molar-refractivity contribution in [2.45, 2.75) is 19.4 Å². The number of benzene rings is 1. The van der Waals surface area contributed by atoms with Gasteiger partial charge in [0, 0.05) is 0 Å². The van der Waals surface area contributed by atoms with Crippen LogP contribution in [0.15, 0.2) is 39.5 Å². The molecular formula is C14H15BrFNS. The van der Waals surface area contributed by atoms with Crippen LogP contribution >= 0.6 is 27.3 Å². The maximum Gasteiger partial charge on any atom is 0.123 e. The number of hydrogen-bond acceptors (Lipinski definition) is 2. The molecule has 1 heterocycles. The van der Waals surface area contributed by atoms with E-state index in [4.69, 9.17) is 0 Å². The van der Waals surface area contributed by atoms with Gasteiger partial charge in [0.2, 0.25) is 0 Å². The van der Waals surface area contributed by atoms with E-state index in [-0.39, 0.29) is 11.9 Å². The highest BCUT2D eigenvalue weighted by Gasteiger charge is 2.14. The molecule has 0 aliphatic rings. The fraction of sp³-hybridized carbons (Fsp3) is 0.286. The van der Waals surface area contributed by atoms with Crippen molar-refractivity contribution in [3.05, 3.63) is 56.4 Å². The van der Waals surface area contributed by atoms with Crippen LogP contribution in [0.4, 0.5) is 4.39 Å². The van der Waals surface area contributed by atoms with E-state index in [1.165, 1.54) is 17.7 Å². The maximum atomic E-state index is 13.0. The van der Waals surface area contributed by atoms with Crippen LogP contribution in [-0.4, -0.2) is 6.54 Å². The molecule has 1 aromatic heterocycles. The van der Waals surface area contributed by atoms with Gasteiger partial charge in [-0.25, -0.2) is 4.39 Å². The first kappa shape index (κ1) is 13.7. The van der Waals surface area contributed by atoms with E-state index in [0.29, 0.717) is 0 Å². The van der Waals surface area contributed by atoms with Crippen molar-refractivity contribution in [3.8, 4) is 0 Å². The molecular weight excluding hydrogens is 313 g/mol. The highest BCUT2D eigenvalue weighted by Crippen LogP contribution is 2.29. The zero-order chi connectivity index (χ0) is 13.0. The van der Waals surface area contributed by atoms with Crippen molar-refractivity contribution < 1.29 is 4.39 Å². The minimum atomic E-state index is -0.195. The fourth-order valence-corrected chi connectivity index (χ4v) is 3.05. The SMILES string of the molecule is CCCNC(c1ccc(F)cc1)c1csc(Br)c1. The van der Waals surface area contributed by atoms with Crippen LogP contribution in [0.25, 0.3) is 0 Å². The average molecular weight is 328 g/mol. The van der Waals surface area contributed by atoms with Gasteiger partial charge in [-0.15, -0.1) is 11.3 Å². The van der Waals surface area contributed by atoms with Gasteiger partial charge in [-0.1, -0.05) is 19.1 Å². The summed E-state index contributed by atoms with van der Waals surface area (Å²) in [5, 5.41) is 5.62. The van der Waals surface area contributed by atoms with Crippen LogP contribution in [-0.2, 0) is 0 Å². The van der Waals surface area contributed by atoms with Gasteiger partial charge in [-0.05, 0) is 63.6 Å². The number of hydrogen-bond donors (Lipinski definition) is 1. The quantitative estimate of drug-likeness (QED) is 0.836. The molecule has 0 radical (unpaired) electrons. The summed E-state index contributed by atoms with van der Waals surface area (Å²) in [5.41, 5.74) is 2.31. The highest BCUT2D eigenvalue weighted by molar-refractivity contribution is 9.11. The fourth-order valence-electron chi connectivity index (χ4n) is 1.85. The summed E-state index contributed by atoms with van der Waals surface area (Å²) in [6.07, 6.45) is 1.07. The first-order valence-electron chi connectivity index (χ1n) is 5.93. The van der Waals surface area contributed by atoms with Gasteiger partial charge < -0.3 is 5.32 Å². The zero-order valence-corrected chi connectivity index (χ0v) is 12.5. The second-order valence-corrected chi connectivity index (χ2v) is 6.41. The van der Waals surface area contributed by atoms with Crippen LogP contribution in [0.2, 0.25) is 0 Å². The molecule has 4 heteroatoms. The molecule has 18 heavy (non-hydrogen) atoms. The van der Waals surface area contributed by atoms with E-state index >= 15 is 0 Å². The summed E-state index contributed by atoms with van der Waals surface area (Å²) in [6, 6.07) is 8.95. The number of halogens is 2. The lowest BCUT2D eigenvalue weighted by Gasteiger charge is -2.18. The first-order chi connectivity index (χ1) is 8.70. The van der Waals surface area contributed by atoms with Crippen molar-refractivity contribution >= 4 is 27.3 Å².